The molecule has 1 aromatic rings. The van der Waals surface area contributed by atoms with Crippen molar-refractivity contribution < 1.29 is 78.3 Å². The second kappa shape index (κ2) is 6.89. The van der Waals surface area contributed by atoms with Gasteiger partial charge < -0.3 is 17.7 Å². The molecule has 0 radical (unpaired) electrons. The van der Waals surface area contributed by atoms with Crippen LogP contribution in [0.5, 0.6) is 0 Å². The van der Waals surface area contributed by atoms with Crippen LogP contribution in [0.4, 0.5) is 17.3 Å². The van der Waals surface area contributed by atoms with Gasteiger partial charge in [-0.3, -0.25) is 4.79 Å². The van der Waals surface area contributed by atoms with E-state index in [9.17, 15) is 22.1 Å². The smallest absolute Gasteiger partial charge is 0.469 e. The SMILES string of the molecule is COC(=O)Cc1ccc([B-](F)(F)F)c(F)c1.[K+]. The summed E-state index contributed by atoms with van der Waals surface area (Å²) >= 11 is 0. The molecule has 88 valence electrons. The van der Waals surface area contributed by atoms with Crippen LogP contribution in [-0.4, -0.2) is 20.1 Å². The van der Waals surface area contributed by atoms with E-state index in [-0.39, 0.29) is 63.4 Å². The maximum Gasteiger partial charge on any atom is 1.00 e. The fourth-order valence-electron chi connectivity index (χ4n) is 1.18. The summed E-state index contributed by atoms with van der Waals surface area (Å²) in [7, 11) is 1.14. The minimum Gasteiger partial charge on any atom is -0.469 e. The molecule has 8 heteroatoms. The number of esters is 1. The number of ether oxygens (including phenoxy) is 1. The molecule has 0 bridgehead atoms. The van der Waals surface area contributed by atoms with Crippen molar-refractivity contribution in [2.45, 2.75) is 6.42 Å². The molecule has 0 amide bonds. The first-order valence-electron chi connectivity index (χ1n) is 4.39. The molecule has 1 rings (SSSR count). The topological polar surface area (TPSA) is 26.3 Å². The molecule has 0 heterocycles. The maximum absolute atomic E-state index is 13.0. The van der Waals surface area contributed by atoms with E-state index in [0.29, 0.717) is 12.1 Å². The third-order valence-electron chi connectivity index (χ3n) is 1.99. The first kappa shape index (κ1) is 17.1. The number of rotatable bonds is 3. The van der Waals surface area contributed by atoms with Gasteiger partial charge in [0.1, 0.15) is 0 Å². The van der Waals surface area contributed by atoms with E-state index in [1.165, 1.54) is 0 Å². The first-order valence-corrected chi connectivity index (χ1v) is 4.39. The Morgan fingerprint density at radius 3 is 2.35 bits per heavy atom. The average Bonchev–Trinajstić information content (AvgIpc) is 2.15. The summed E-state index contributed by atoms with van der Waals surface area (Å²) in [5.74, 6) is -2.00. The fourth-order valence-corrected chi connectivity index (χ4v) is 1.18. The Labute approximate surface area is 138 Å². The number of halogens is 4. The third-order valence-corrected chi connectivity index (χ3v) is 1.99. The van der Waals surface area contributed by atoms with Crippen LogP contribution in [0.25, 0.3) is 0 Å². The minimum absolute atomic E-state index is 0. The van der Waals surface area contributed by atoms with Crippen molar-refractivity contribution in [2.75, 3.05) is 7.11 Å². The van der Waals surface area contributed by atoms with Crippen LogP contribution >= 0.6 is 0 Å². The van der Waals surface area contributed by atoms with Gasteiger partial charge in [0, 0.05) is 0 Å². The first-order chi connectivity index (χ1) is 7.34. The van der Waals surface area contributed by atoms with Crippen LogP contribution < -0.4 is 56.8 Å². The van der Waals surface area contributed by atoms with Gasteiger partial charge in [-0.1, -0.05) is 17.6 Å². The molecular formula is C9H8BF4KO2. The predicted octanol–water partition coefficient (Wildman–Crippen LogP) is -1.40. The monoisotopic (exact) mass is 274 g/mol. The van der Waals surface area contributed by atoms with Gasteiger partial charge in [0.05, 0.1) is 19.3 Å². The number of benzene rings is 1. The molecule has 1 aromatic carbocycles. The summed E-state index contributed by atoms with van der Waals surface area (Å²) in [4.78, 5) is 10.8. The van der Waals surface area contributed by atoms with Crippen molar-refractivity contribution in [1.82, 2.24) is 0 Å². The van der Waals surface area contributed by atoms with E-state index in [0.717, 1.165) is 13.2 Å². The fraction of sp³-hybridized carbons (Fsp3) is 0.222. The Balaban J connectivity index is 0.00000256. The van der Waals surface area contributed by atoms with Crippen LogP contribution in [0.1, 0.15) is 5.56 Å². The summed E-state index contributed by atoms with van der Waals surface area (Å²) in [5.41, 5.74) is -1.14. The average molecular weight is 274 g/mol. The van der Waals surface area contributed by atoms with Gasteiger partial charge in [-0.15, -0.1) is 0 Å². The van der Waals surface area contributed by atoms with Gasteiger partial charge >= 0.3 is 64.3 Å². The van der Waals surface area contributed by atoms with Crippen LogP contribution in [0.3, 0.4) is 0 Å². The van der Waals surface area contributed by atoms with Gasteiger partial charge in [-0.05, 0) is 11.6 Å². The van der Waals surface area contributed by atoms with E-state index in [1.807, 2.05) is 0 Å². The summed E-state index contributed by atoms with van der Waals surface area (Å²) in [6.45, 7) is -5.36. The maximum atomic E-state index is 13.0. The molecule has 17 heavy (non-hydrogen) atoms. The largest absolute Gasteiger partial charge is 1.00 e. The Bertz CT molecular complexity index is 408. The Morgan fingerprint density at radius 2 is 1.94 bits per heavy atom. The second-order valence-electron chi connectivity index (χ2n) is 3.18. The van der Waals surface area contributed by atoms with Crippen LogP contribution in [0, 0.1) is 5.82 Å². The van der Waals surface area contributed by atoms with Crippen molar-refractivity contribution in [3.05, 3.63) is 29.6 Å². The van der Waals surface area contributed by atoms with Gasteiger partial charge in [0.25, 0.3) is 0 Å². The van der Waals surface area contributed by atoms with Crippen molar-refractivity contribution in [3.63, 3.8) is 0 Å². The standard InChI is InChI=1S/C9H8BF4O2.K/c1-16-9(15)5-6-2-3-7(8(11)4-6)10(12,13)14;/h2-4H,5H2,1H3;/q-1;+1. The summed E-state index contributed by atoms with van der Waals surface area (Å²) in [6, 6.07) is 2.39. The van der Waals surface area contributed by atoms with Crippen molar-refractivity contribution in [2.24, 2.45) is 0 Å². The van der Waals surface area contributed by atoms with Crippen LogP contribution in [-0.2, 0) is 16.0 Å². The molecular weight excluding hydrogens is 266 g/mol. The normalized spacial score (nSPS) is 10.6. The number of methoxy groups -OCH3 is 1. The molecule has 0 fully saturated rings. The molecule has 0 saturated carbocycles. The Hall–Kier alpha value is 0.111. The number of hydrogen-bond donors (Lipinski definition) is 0. The number of carbonyl (C=O) groups excluding carboxylic acids is 1. The van der Waals surface area contributed by atoms with E-state index in [2.05, 4.69) is 4.74 Å². The zero-order valence-corrected chi connectivity index (χ0v) is 12.5. The van der Waals surface area contributed by atoms with Crippen molar-refractivity contribution >= 4 is 18.4 Å². The summed E-state index contributed by atoms with van der Waals surface area (Å²) < 4.78 is 54.1. The summed E-state index contributed by atoms with van der Waals surface area (Å²) in [6.07, 6.45) is -0.251. The molecule has 0 atom stereocenters. The van der Waals surface area contributed by atoms with E-state index in [1.54, 1.807) is 0 Å². The van der Waals surface area contributed by atoms with E-state index >= 15 is 0 Å². The minimum atomic E-state index is -5.36. The Morgan fingerprint density at radius 1 is 1.35 bits per heavy atom. The second-order valence-corrected chi connectivity index (χ2v) is 3.18. The molecule has 0 N–H and O–H groups in total. The summed E-state index contributed by atoms with van der Waals surface area (Å²) in [5, 5.41) is 0. The van der Waals surface area contributed by atoms with Crippen molar-refractivity contribution in [1.29, 1.82) is 0 Å². The molecule has 0 unspecified atom stereocenters. The Kier molecular flexibility index (Phi) is 6.93. The third kappa shape index (κ3) is 5.09. The molecule has 0 aromatic heterocycles. The molecule has 2 nitrogen and oxygen atoms in total. The predicted molar refractivity (Wildman–Crippen MR) is 50.8 cm³/mol. The van der Waals surface area contributed by atoms with Gasteiger partial charge in [0.15, 0.2) is 0 Å². The quantitative estimate of drug-likeness (QED) is 0.385. The number of carbonyl (C=O) groups is 1. The zero-order chi connectivity index (χ0) is 12.3. The van der Waals surface area contributed by atoms with Gasteiger partial charge in [-0.2, -0.15) is 0 Å². The molecule has 0 aliphatic heterocycles. The van der Waals surface area contributed by atoms with Crippen LogP contribution in [0.15, 0.2) is 18.2 Å². The van der Waals surface area contributed by atoms with Gasteiger partial charge in [0.2, 0.25) is 0 Å². The van der Waals surface area contributed by atoms with Gasteiger partial charge in [-0.25, -0.2) is 4.39 Å². The zero-order valence-electron chi connectivity index (χ0n) is 9.34. The van der Waals surface area contributed by atoms with Crippen molar-refractivity contribution in [3.8, 4) is 0 Å². The van der Waals surface area contributed by atoms with E-state index < -0.39 is 24.2 Å². The van der Waals surface area contributed by atoms with E-state index in [4.69, 9.17) is 0 Å². The molecule has 0 spiro atoms. The van der Waals surface area contributed by atoms with Crippen LogP contribution in [0.2, 0.25) is 0 Å². The molecule has 0 aliphatic carbocycles. The molecule has 0 saturated heterocycles. The number of hydrogen-bond acceptors (Lipinski definition) is 2. The molecule has 0 aliphatic rings.